The van der Waals surface area contributed by atoms with Crippen molar-refractivity contribution >= 4 is 34.0 Å². The van der Waals surface area contributed by atoms with Crippen molar-refractivity contribution in [2.75, 3.05) is 16.8 Å². The first kappa shape index (κ1) is 24.0. The lowest BCUT2D eigenvalue weighted by molar-refractivity contribution is -0.201. The molecule has 4 aromatic rings. The van der Waals surface area contributed by atoms with Crippen molar-refractivity contribution in [2.24, 2.45) is 0 Å². The Morgan fingerprint density at radius 3 is 2.24 bits per heavy atom. The first-order valence-electron chi connectivity index (χ1n) is 11.3. The summed E-state index contributed by atoms with van der Waals surface area (Å²) in [7, 11) is 0. The van der Waals surface area contributed by atoms with Crippen molar-refractivity contribution in [3.63, 3.8) is 0 Å². The monoisotopic (exact) mass is 508 g/mol. The van der Waals surface area contributed by atoms with Gasteiger partial charge in [-0.3, -0.25) is 9.59 Å². The summed E-state index contributed by atoms with van der Waals surface area (Å²) >= 11 is 0. The van der Waals surface area contributed by atoms with Crippen molar-refractivity contribution < 1.29 is 27.6 Å². The molecule has 0 bridgehead atoms. The van der Waals surface area contributed by atoms with Gasteiger partial charge in [0.1, 0.15) is 11.7 Å². The van der Waals surface area contributed by atoms with Crippen LogP contribution in [0, 0.1) is 0 Å². The highest BCUT2D eigenvalue weighted by Crippen LogP contribution is 2.29. The van der Waals surface area contributed by atoms with E-state index in [9.17, 15) is 27.6 Å². The van der Waals surface area contributed by atoms with Crippen LogP contribution in [0.4, 0.5) is 24.5 Å². The van der Waals surface area contributed by atoms with Crippen LogP contribution in [-0.2, 0) is 9.59 Å². The maximum atomic E-state index is 13.0. The smallest absolute Gasteiger partial charge is 0.374 e. The van der Waals surface area contributed by atoms with E-state index in [1.54, 1.807) is 41.3 Å². The van der Waals surface area contributed by atoms with E-state index in [0.29, 0.717) is 29.6 Å². The molecule has 0 spiro atoms. The molecule has 37 heavy (non-hydrogen) atoms. The number of hydrogen-bond acceptors (Lipinski definition) is 6. The summed E-state index contributed by atoms with van der Waals surface area (Å²) in [6, 6.07) is 21.8. The predicted octanol–water partition coefficient (Wildman–Crippen LogP) is 3.80. The average Bonchev–Trinajstić information content (AvgIpc) is 3.25. The van der Waals surface area contributed by atoms with Crippen molar-refractivity contribution in [1.29, 1.82) is 0 Å². The van der Waals surface area contributed by atoms with Gasteiger partial charge >= 0.3 is 17.7 Å². The van der Waals surface area contributed by atoms with Gasteiger partial charge in [0.05, 0.1) is 5.39 Å². The lowest BCUT2D eigenvalue weighted by Crippen LogP contribution is -2.39. The lowest BCUT2D eigenvalue weighted by Gasteiger charge is -2.18. The highest BCUT2D eigenvalue weighted by atomic mass is 19.4. The summed E-state index contributed by atoms with van der Waals surface area (Å²) in [5.74, 6) is -2.65. The Balaban J connectivity index is 1.44. The molecular weight excluding hydrogens is 489 g/mol. The standard InChI is InChI=1S/C26H19F3N4O4/c27-26(28,29)25(36)37-33-23(34)20-9-5-4-8-19(20)22(31-33)16-10-12-18(13-11-16)32-15-14-21(24(32)35)30-17-6-2-1-3-7-17/h1-13,21,30H,14-15H2. The van der Waals surface area contributed by atoms with Gasteiger partial charge < -0.3 is 15.1 Å². The van der Waals surface area contributed by atoms with Gasteiger partial charge in [-0.2, -0.15) is 13.2 Å². The number of fused-ring (bicyclic) bond motifs is 1. The first-order chi connectivity index (χ1) is 17.7. The zero-order chi connectivity index (χ0) is 26.2. The van der Waals surface area contributed by atoms with Crippen molar-refractivity contribution in [2.45, 2.75) is 18.6 Å². The van der Waals surface area contributed by atoms with Crippen LogP contribution in [0.1, 0.15) is 6.42 Å². The molecule has 3 aromatic carbocycles. The molecule has 0 saturated carbocycles. The summed E-state index contributed by atoms with van der Waals surface area (Å²) in [6.07, 6.45) is -4.69. The highest BCUT2D eigenvalue weighted by Gasteiger charge is 2.42. The quantitative estimate of drug-likeness (QED) is 0.441. The van der Waals surface area contributed by atoms with Crippen molar-refractivity contribution in [1.82, 2.24) is 9.94 Å². The number of carbonyl (C=O) groups is 2. The number of alkyl halides is 3. The SMILES string of the molecule is O=C1C(Nc2ccccc2)CCN1c1ccc(-c2nn(OC(=O)C(F)(F)F)c(=O)c3ccccc23)cc1. The predicted molar refractivity (Wildman–Crippen MR) is 130 cm³/mol. The maximum Gasteiger partial charge on any atom is 0.493 e. The Hall–Kier alpha value is -4.67. The molecular formula is C26H19F3N4O4. The number of anilines is 2. The summed E-state index contributed by atoms with van der Waals surface area (Å²) in [4.78, 5) is 42.8. The second-order valence-corrected chi connectivity index (χ2v) is 8.34. The number of hydrogen-bond donors (Lipinski definition) is 1. The molecule has 1 saturated heterocycles. The summed E-state index contributed by atoms with van der Waals surface area (Å²) in [5.41, 5.74) is 1.05. The van der Waals surface area contributed by atoms with Crippen LogP contribution in [0.2, 0.25) is 0 Å². The van der Waals surface area contributed by atoms with Gasteiger partial charge in [0.2, 0.25) is 5.91 Å². The number of para-hydroxylation sites is 1. The summed E-state index contributed by atoms with van der Waals surface area (Å²) in [6.45, 7) is 0.502. The third-order valence-electron chi connectivity index (χ3n) is 5.95. The molecule has 1 aromatic heterocycles. The molecule has 0 radical (unpaired) electrons. The molecule has 2 heterocycles. The minimum atomic E-state index is -5.30. The molecule has 5 rings (SSSR count). The zero-order valence-corrected chi connectivity index (χ0v) is 19.1. The minimum absolute atomic E-state index is 0.0242. The Morgan fingerprint density at radius 2 is 1.57 bits per heavy atom. The number of amides is 1. The van der Waals surface area contributed by atoms with Crippen LogP contribution in [0.25, 0.3) is 22.0 Å². The van der Waals surface area contributed by atoms with Crippen LogP contribution < -0.4 is 20.6 Å². The molecule has 188 valence electrons. The number of benzene rings is 3. The van der Waals surface area contributed by atoms with E-state index in [1.807, 2.05) is 30.3 Å². The highest BCUT2D eigenvalue weighted by molar-refractivity contribution is 6.01. The van der Waals surface area contributed by atoms with Gasteiger partial charge in [0, 0.05) is 28.9 Å². The average molecular weight is 508 g/mol. The fourth-order valence-corrected chi connectivity index (χ4v) is 4.18. The van der Waals surface area contributed by atoms with E-state index in [0.717, 1.165) is 5.69 Å². The van der Waals surface area contributed by atoms with Crippen LogP contribution in [0.15, 0.2) is 83.7 Å². The van der Waals surface area contributed by atoms with Gasteiger partial charge in [-0.05, 0) is 41.6 Å². The zero-order valence-electron chi connectivity index (χ0n) is 19.1. The molecule has 11 heteroatoms. The molecule has 1 aliphatic heterocycles. The summed E-state index contributed by atoms with van der Waals surface area (Å²) < 4.78 is 38.2. The molecule has 1 unspecified atom stereocenters. The van der Waals surface area contributed by atoms with Crippen LogP contribution in [0.5, 0.6) is 0 Å². The van der Waals surface area contributed by atoms with Crippen molar-refractivity contribution in [3.05, 3.63) is 89.2 Å². The normalized spacial score (nSPS) is 15.7. The molecule has 1 atom stereocenters. The topological polar surface area (TPSA) is 93.5 Å². The second kappa shape index (κ2) is 9.41. The van der Waals surface area contributed by atoms with E-state index in [4.69, 9.17) is 0 Å². The second-order valence-electron chi connectivity index (χ2n) is 8.34. The molecule has 1 aliphatic rings. The Bertz CT molecular complexity index is 1540. The third kappa shape index (κ3) is 4.75. The number of rotatable bonds is 5. The number of aromatic nitrogens is 2. The van der Waals surface area contributed by atoms with Crippen molar-refractivity contribution in [3.8, 4) is 11.3 Å². The molecule has 0 aliphatic carbocycles. The summed E-state index contributed by atoms with van der Waals surface area (Å²) in [5, 5.41) is 7.51. The van der Waals surface area contributed by atoms with E-state index >= 15 is 0 Å². The minimum Gasteiger partial charge on any atom is -0.374 e. The number of carbonyl (C=O) groups excluding carboxylic acids is 2. The number of nitrogens with one attached hydrogen (secondary N) is 1. The molecule has 1 amide bonds. The Labute approximate surface area is 207 Å². The van der Waals surface area contributed by atoms with E-state index in [1.165, 1.54) is 12.1 Å². The Morgan fingerprint density at radius 1 is 0.919 bits per heavy atom. The van der Waals surface area contributed by atoms with E-state index < -0.39 is 17.7 Å². The van der Waals surface area contributed by atoms with Gasteiger partial charge in [0.15, 0.2) is 0 Å². The van der Waals surface area contributed by atoms with Gasteiger partial charge in [0.25, 0.3) is 0 Å². The third-order valence-corrected chi connectivity index (χ3v) is 5.95. The van der Waals surface area contributed by atoms with Crippen LogP contribution in [0.3, 0.4) is 0 Å². The Kier molecular flexibility index (Phi) is 6.12. The van der Waals surface area contributed by atoms with E-state index in [-0.39, 0.29) is 27.9 Å². The lowest BCUT2D eigenvalue weighted by atomic mass is 10.0. The fourth-order valence-electron chi connectivity index (χ4n) is 4.18. The van der Waals surface area contributed by atoms with E-state index in [2.05, 4.69) is 15.3 Å². The van der Waals surface area contributed by atoms with Crippen LogP contribution >= 0.6 is 0 Å². The van der Waals surface area contributed by atoms with Gasteiger partial charge in [-0.25, -0.2) is 4.79 Å². The van der Waals surface area contributed by atoms with Gasteiger partial charge in [-0.1, -0.05) is 48.5 Å². The maximum absolute atomic E-state index is 13.0. The fraction of sp³-hybridized carbons (Fsp3) is 0.154. The van der Waals surface area contributed by atoms with Gasteiger partial charge in [-0.15, -0.1) is 5.10 Å². The number of halogens is 3. The molecule has 1 fully saturated rings. The molecule has 8 nitrogen and oxygen atoms in total. The largest absolute Gasteiger partial charge is 0.493 e. The number of nitrogens with zero attached hydrogens (tertiary/aromatic N) is 3. The molecule has 1 N–H and O–H groups in total. The first-order valence-corrected chi connectivity index (χ1v) is 11.3. The van der Waals surface area contributed by atoms with Crippen LogP contribution in [-0.4, -0.2) is 40.6 Å².